The number of hydrogen-bond acceptors (Lipinski definition) is 2. The van der Waals surface area contributed by atoms with Crippen molar-refractivity contribution >= 4 is 11.8 Å². The lowest BCUT2D eigenvalue weighted by molar-refractivity contribution is 0.205. The predicted molar refractivity (Wildman–Crippen MR) is 47.4 cm³/mol. The number of nitriles is 1. The van der Waals surface area contributed by atoms with Crippen molar-refractivity contribution in [3.05, 3.63) is 0 Å². The van der Waals surface area contributed by atoms with E-state index in [1.807, 2.05) is 11.8 Å². The van der Waals surface area contributed by atoms with Crippen LogP contribution < -0.4 is 0 Å². The third-order valence-corrected chi connectivity index (χ3v) is 4.63. The zero-order valence-electron chi connectivity index (χ0n) is 6.68. The average Bonchev–Trinajstić information content (AvgIpc) is 2.39. The smallest absolute Gasteiger partial charge is 0.0701 e. The average molecular weight is 167 g/mol. The Hall–Kier alpha value is -0.160. The lowest BCUT2D eigenvalue weighted by atomic mass is 9.67. The second-order valence-corrected chi connectivity index (χ2v) is 4.93. The van der Waals surface area contributed by atoms with Crippen molar-refractivity contribution in [3.63, 3.8) is 0 Å². The summed E-state index contributed by atoms with van der Waals surface area (Å²) in [7, 11) is 0. The number of nitrogens with zero attached hydrogens (tertiary/aromatic N) is 1. The molecule has 0 amide bonds. The second kappa shape index (κ2) is 2.71. The summed E-state index contributed by atoms with van der Waals surface area (Å²) in [5, 5.41) is 9.72. The topological polar surface area (TPSA) is 23.8 Å². The molecular formula is C9H13NS. The minimum Gasteiger partial charge on any atom is -0.198 e. The van der Waals surface area contributed by atoms with E-state index in [-0.39, 0.29) is 5.41 Å². The van der Waals surface area contributed by atoms with E-state index in [1.54, 1.807) is 0 Å². The third-order valence-electron chi connectivity index (χ3n) is 3.01. The van der Waals surface area contributed by atoms with Crippen LogP contribution in [0.25, 0.3) is 0 Å². The molecule has 0 aromatic carbocycles. The molecule has 0 bridgehead atoms. The molecule has 0 aromatic rings. The molecule has 2 aliphatic rings. The molecule has 2 heteroatoms. The third kappa shape index (κ3) is 1.06. The number of hydrogen-bond donors (Lipinski definition) is 0. The maximum atomic E-state index is 9.03. The Morgan fingerprint density at radius 1 is 1.36 bits per heavy atom. The highest BCUT2D eigenvalue weighted by Gasteiger charge is 2.45. The molecule has 1 aliphatic carbocycles. The fraction of sp³-hybridized carbons (Fsp3) is 0.889. The zero-order chi connectivity index (χ0) is 7.73. The van der Waals surface area contributed by atoms with E-state index in [2.05, 4.69) is 6.07 Å². The number of thioether (sulfide) groups is 1. The van der Waals surface area contributed by atoms with E-state index in [4.69, 9.17) is 5.26 Å². The summed E-state index contributed by atoms with van der Waals surface area (Å²) >= 11 is 2.03. The van der Waals surface area contributed by atoms with Gasteiger partial charge in [0.1, 0.15) is 0 Å². The van der Waals surface area contributed by atoms with Gasteiger partial charge in [-0.3, -0.25) is 0 Å². The first-order valence-electron chi connectivity index (χ1n) is 4.40. The Kier molecular flexibility index (Phi) is 1.85. The maximum absolute atomic E-state index is 9.03. The molecule has 2 fully saturated rings. The molecule has 0 spiro atoms. The van der Waals surface area contributed by atoms with Gasteiger partial charge >= 0.3 is 0 Å². The van der Waals surface area contributed by atoms with E-state index in [0.717, 1.165) is 0 Å². The van der Waals surface area contributed by atoms with Gasteiger partial charge in [0.05, 0.1) is 11.5 Å². The van der Waals surface area contributed by atoms with Gasteiger partial charge in [0.15, 0.2) is 0 Å². The van der Waals surface area contributed by atoms with Crippen LogP contribution in [0.5, 0.6) is 0 Å². The van der Waals surface area contributed by atoms with E-state index in [0.29, 0.717) is 5.25 Å². The van der Waals surface area contributed by atoms with Gasteiger partial charge in [0, 0.05) is 5.25 Å². The predicted octanol–water partition coefficient (Wildman–Crippen LogP) is 2.58. The van der Waals surface area contributed by atoms with Crippen LogP contribution in [-0.2, 0) is 0 Å². The summed E-state index contributed by atoms with van der Waals surface area (Å²) in [4.78, 5) is 0. The lowest BCUT2D eigenvalue weighted by Gasteiger charge is -2.39. The van der Waals surface area contributed by atoms with Gasteiger partial charge in [0.2, 0.25) is 0 Å². The van der Waals surface area contributed by atoms with E-state index in [1.165, 1.54) is 37.9 Å². The van der Waals surface area contributed by atoms with Crippen molar-refractivity contribution in [2.24, 2.45) is 5.41 Å². The first-order valence-corrected chi connectivity index (χ1v) is 5.45. The second-order valence-electron chi connectivity index (χ2n) is 3.62. The highest BCUT2D eigenvalue weighted by atomic mass is 32.2. The molecule has 1 aliphatic heterocycles. The molecular weight excluding hydrogens is 154 g/mol. The minimum atomic E-state index is 0.112. The van der Waals surface area contributed by atoms with Crippen LogP contribution in [0.4, 0.5) is 0 Å². The van der Waals surface area contributed by atoms with Crippen LogP contribution >= 0.6 is 11.8 Å². The quantitative estimate of drug-likeness (QED) is 0.599. The molecule has 0 radical (unpaired) electrons. The molecule has 1 nitrogen and oxygen atoms in total. The van der Waals surface area contributed by atoms with Crippen molar-refractivity contribution in [2.45, 2.75) is 37.4 Å². The summed E-state index contributed by atoms with van der Waals surface area (Å²) in [6, 6.07) is 2.54. The summed E-state index contributed by atoms with van der Waals surface area (Å²) in [6.07, 6.45) is 6.24. The molecule has 2 rings (SSSR count). The zero-order valence-corrected chi connectivity index (χ0v) is 7.49. The Bertz CT molecular complexity index is 184. The van der Waals surface area contributed by atoms with Crippen LogP contribution in [0.3, 0.4) is 0 Å². The molecule has 0 aromatic heterocycles. The fourth-order valence-electron chi connectivity index (χ4n) is 2.08. The van der Waals surface area contributed by atoms with Crippen LogP contribution in [0.15, 0.2) is 0 Å². The van der Waals surface area contributed by atoms with Gasteiger partial charge in [-0.25, -0.2) is 0 Å². The van der Waals surface area contributed by atoms with Crippen molar-refractivity contribution in [1.29, 1.82) is 5.26 Å². The monoisotopic (exact) mass is 167 g/mol. The summed E-state index contributed by atoms with van der Waals surface area (Å²) in [5.74, 6) is 1.29. The van der Waals surface area contributed by atoms with Gasteiger partial charge in [-0.1, -0.05) is 6.42 Å². The molecule has 1 saturated carbocycles. The first-order chi connectivity index (χ1) is 5.37. The summed E-state index contributed by atoms with van der Waals surface area (Å²) < 4.78 is 0. The van der Waals surface area contributed by atoms with E-state index >= 15 is 0 Å². The van der Waals surface area contributed by atoms with Gasteiger partial charge in [-0.2, -0.15) is 17.0 Å². The summed E-state index contributed by atoms with van der Waals surface area (Å²) in [5.41, 5.74) is 0.112. The largest absolute Gasteiger partial charge is 0.198 e. The SMILES string of the molecule is N#CC1(C2CCCS2)CCC1. The highest BCUT2D eigenvalue weighted by molar-refractivity contribution is 8.00. The van der Waals surface area contributed by atoms with Gasteiger partial charge < -0.3 is 0 Å². The Labute approximate surface area is 72.2 Å². The van der Waals surface area contributed by atoms with Crippen LogP contribution in [0.2, 0.25) is 0 Å². The first kappa shape index (κ1) is 7.49. The molecule has 60 valence electrons. The standard InChI is InChI=1S/C9H13NS/c10-7-9(4-2-5-9)8-3-1-6-11-8/h8H,1-6H2. The van der Waals surface area contributed by atoms with Crippen molar-refractivity contribution in [3.8, 4) is 6.07 Å². The van der Waals surface area contributed by atoms with Crippen LogP contribution in [-0.4, -0.2) is 11.0 Å². The van der Waals surface area contributed by atoms with Crippen molar-refractivity contribution < 1.29 is 0 Å². The highest BCUT2D eigenvalue weighted by Crippen LogP contribution is 2.51. The number of rotatable bonds is 1. The van der Waals surface area contributed by atoms with Gasteiger partial charge in [-0.05, 0) is 31.4 Å². The maximum Gasteiger partial charge on any atom is 0.0701 e. The lowest BCUT2D eigenvalue weighted by Crippen LogP contribution is -2.36. The fourth-order valence-corrected chi connectivity index (χ4v) is 3.64. The van der Waals surface area contributed by atoms with Crippen molar-refractivity contribution in [2.75, 3.05) is 5.75 Å². The molecule has 1 unspecified atom stereocenters. The van der Waals surface area contributed by atoms with Gasteiger partial charge in [0.25, 0.3) is 0 Å². The molecule has 1 atom stereocenters. The molecule has 1 heterocycles. The Morgan fingerprint density at radius 3 is 2.55 bits per heavy atom. The minimum absolute atomic E-state index is 0.112. The summed E-state index contributed by atoms with van der Waals surface area (Å²) in [6.45, 7) is 0. The molecule has 1 saturated heterocycles. The molecule has 11 heavy (non-hydrogen) atoms. The Balaban J connectivity index is 2.06. The van der Waals surface area contributed by atoms with E-state index < -0.39 is 0 Å². The van der Waals surface area contributed by atoms with Crippen LogP contribution in [0.1, 0.15) is 32.1 Å². The van der Waals surface area contributed by atoms with Crippen molar-refractivity contribution in [1.82, 2.24) is 0 Å². The Morgan fingerprint density at radius 2 is 2.18 bits per heavy atom. The normalized spacial score (nSPS) is 34.3. The van der Waals surface area contributed by atoms with Gasteiger partial charge in [-0.15, -0.1) is 0 Å². The van der Waals surface area contributed by atoms with Crippen LogP contribution in [0, 0.1) is 16.7 Å². The van der Waals surface area contributed by atoms with E-state index in [9.17, 15) is 0 Å². The molecule has 0 N–H and O–H groups in total.